The molecule has 7 heteroatoms. The Bertz CT molecular complexity index is 566. The summed E-state index contributed by atoms with van der Waals surface area (Å²) in [5, 5.41) is 2.73. The van der Waals surface area contributed by atoms with Crippen LogP contribution in [0.3, 0.4) is 0 Å². The third-order valence-electron chi connectivity index (χ3n) is 5.44. The van der Waals surface area contributed by atoms with Gasteiger partial charge >= 0.3 is 0 Å². The molecule has 1 unspecified atom stereocenters. The topological polar surface area (TPSA) is 83.6 Å². The fourth-order valence-electron chi connectivity index (χ4n) is 4.08. The molecule has 0 radical (unpaired) electrons. The van der Waals surface area contributed by atoms with Crippen LogP contribution in [0, 0.1) is 5.92 Å². The van der Waals surface area contributed by atoms with E-state index in [9.17, 15) is 18.0 Å². The van der Waals surface area contributed by atoms with Crippen LogP contribution in [0.5, 0.6) is 0 Å². The van der Waals surface area contributed by atoms with Crippen molar-refractivity contribution in [1.82, 2.24) is 10.2 Å². The van der Waals surface area contributed by atoms with Crippen LogP contribution in [-0.2, 0) is 19.4 Å². The van der Waals surface area contributed by atoms with Gasteiger partial charge in [0.1, 0.15) is 0 Å². The average Bonchev–Trinajstić information content (AvgIpc) is 2.50. The molecule has 2 amide bonds. The number of carbonyl (C=O) groups is 2. The highest BCUT2D eigenvalue weighted by Gasteiger charge is 2.49. The van der Waals surface area contributed by atoms with Crippen LogP contribution >= 0.6 is 0 Å². The first-order valence-electron chi connectivity index (χ1n) is 8.21. The summed E-state index contributed by atoms with van der Waals surface area (Å²) < 4.78 is 24.4. The normalized spacial score (nSPS) is 30.8. The van der Waals surface area contributed by atoms with Crippen molar-refractivity contribution in [3.63, 3.8) is 0 Å². The smallest absolute Gasteiger partial charge is 0.226 e. The Morgan fingerprint density at radius 3 is 2.64 bits per heavy atom. The maximum Gasteiger partial charge on any atom is 0.226 e. The van der Waals surface area contributed by atoms with Gasteiger partial charge in [-0.2, -0.15) is 0 Å². The Labute approximate surface area is 131 Å². The predicted molar refractivity (Wildman–Crippen MR) is 81.9 cm³/mol. The lowest BCUT2D eigenvalue weighted by molar-refractivity contribution is -0.140. The van der Waals surface area contributed by atoms with Crippen LogP contribution in [0.2, 0.25) is 0 Å². The summed E-state index contributed by atoms with van der Waals surface area (Å²) in [6, 6.07) is 0. The largest absolute Gasteiger partial charge is 0.356 e. The van der Waals surface area contributed by atoms with Gasteiger partial charge in [0.25, 0.3) is 0 Å². The van der Waals surface area contributed by atoms with E-state index in [-0.39, 0.29) is 36.5 Å². The van der Waals surface area contributed by atoms with Crippen molar-refractivity contribution >= 4 is 21.7 Å². The number of rotatable bonds is 1. The maximum atomic E-state index is 12.7. The molecule has 3 rings (SSSR count). The summed E-state index contributed by atoms with van der Waals surface area (Å²) in [6.07, 6.45) is 5.15. The van der Waals surface area contributed by atoms with E-state index in [1.807, 2.05) is 0 Å². The zero-order chi connectivity index (χ0) is 15.8. The van der Waals surface area contributed by atoms with Crippen LogP contribution in [0.4, 0.5) is 0 Å². The molecule has 0 aromatic carbocycles. The van der Waals surface area contributed by atoms with E-state index < -0.39 is 14.6 Å². The Hall–Kier alpha value is -1.11. The van der Waals surface area contributed by atoms with Crippen molar-refractivity contribution in [1.29, 1.82) is 0 Å². The van der Waals surface area contributed by atoms with Gasteiger partial charge in [-0.25, -0.2) is 8.42 Å². The molecule has 1 saturated carbocycles. The van der Waals surface area contributed by atoms with E-state index >= 15 is 0 Å². The van der Waals surface area contributed by atoms with E-state index in [1.165, 1.54) is 0 Å². The number of piperidine rings is 1. The van der Waals surface area contributed by atoms with Gasteiger partial charge in [0.15, 0.2) is 9.84 Å². The summed E-state index contributed by atoms with van der Waals surface area (Å²) in [5.74, 6) is -0.330. The van der Waals surface area contributed by atoms with Crippen molar-refractivity contribution in [2.75, 3.05) is 25.4 Å². The molecule has 0 aromatic heterocycles. The summed E-state index contributed by atoms with van der Waals surface area (Å²) >= 11 is 0. The first-order valence-corrected chi connectivity index (χ1v) is 9.87. The molecule has 2 heterocycles. The van der Waals surface area contributed by atoms with Gasteiger partial charge in [0.2, 0.25) is 11.8 Å². The van der Waals surface area contributed by atoms with Crippen LogP contribution < -0.4 is 5.32 Å². The molecule has 1 spiro atoms. The summed E-state index contributed by atoms with van der Waals surface area (Å²) in [6.45, 7) is 1.14. The monoisotopic (exact) mass is 328 g/mol. The molecule has 3 aliphatic rings. The predicted octanol–water partition coefficient (Wildman–Crippen LogP) is 0.473. The van der Waals surface area contributed by atoms with Crippen molar-refractivity contribution in [3.8, 4) is 0 Å². The van der Waals surface area contributed by atoms with E-state index in [4.69, 9.17) is 0 Å². The minimum atomic E-state index is -3.13. The highest BCUT2D eigenvalue weighted by atomic mass is 32.2. The van der Waals surface area contributed by atoms with Crippen molar-refractivity contribution < 1.29 is 18.0 Å². The van der Waals surface area contributed by atoms with E-state index in [2.05, 4.69) is 5.32 Å². The molecule has 1 N–H and O–H groups in total. The van der Waals surface area contributed by atoms with Crippen molar-refractivity contribution in [3.05, 3.63) is 0 Å². The second-order valence-corrected chi connectivity index (χ2v) is 9.37. The molecule has 0 aromatic rings. The van der Waals surface area contributed by atoms with Crippen molar-refractivity contribution in [2.24, 2.45) is 5.92 Å². The Balaban J connectivity index is 1.75. The van der Waals surface area contributed by atoms with Crippen LogP contribution in [0.15, 0.2) is 0 Å². The molecule has 2 aliphatic heterocycles. The van der Waals surface area contributed by atoms with Gasteiger partial charge in [0, 0.05) is 32.0 Å². The van der Waals surface area contributed by atoms with Gasteiger partial charge in [-0.05, 0) is 19.3 Å². The fraction of sp³-hybridized carbons (Fsp3) is 0.867. The van der Waals surface area contributed by atoms with Gasteiger partial charge in [0.05, 0.1) is 10.5 Å². The molecule has 124 valence electrons. The highest BCUT2D eigenvalue weighted by Crippen LogP contribution is 2.39. The lowest BCUT2D eigenvalue weighted by Gasteiger charge is -2.45. The third kappa shape index (κ3) is 2.75. The lowest BCUT2D eigenvalue weighted by Crippen LogP contribution is -2.59. The van der Waals surface area contributed by atoms with Crippen molar-refractivity contribution in [2.45, 2.75) is 49.7 Å². The molecule has 3 fully saturated rings. The van der Waals surface area contributed by atoms with Gasteiger partial charge in [-0.3, -0.25) is 9.59 Å². The van der Waals surface area contributed by atoms with Gasteiger partial charge in [-0.15, -0.1) is 0 Å². The number of sulfone groups is 1. The molecule has 6 nitrogen and oxygen atoms in total. The summed E-state index contributed by atoms with van der Waals surface area (Å²) in [7, 11) is -3.13. The fourth-order valence-corrected chi connectivity index (χ4v) is 6.24. The Kier molecular flexibility index (Phi) is 4.18. The minimum absolute atomic E-state index is 0.0327. The van der Waals surface area contributed by atoms with Gasteiger partial charge < -0.3 is 10.2 Å². The number of amides is 2. The molecule has 22 heavy (non-hydrogen) atoms. The lowest BCUT2D eigenvalue weighted by atomic mass is 9.87. The second kappa shape index (κ2) is 5.83. The number of hydrogen-bond donors (Lipinski definition) is 1. The van der Waals surface area contributed by atoms with E-state index in [0.717, 1.165) is 19.3 Å². The number of hydrogen-bond acceptors (Lipinski definition) is 4. The molecule has 0 bridgehead atoms. The zero-order valence-electron chi connectivity index (χ0n) is 12.8. The Morgan fingerprint density at radius 2 is 1.95 bits per heavy atom. The minimum Gasteiger partial charge on any atom is -0.356 e. The summed E-state index contributed by atoms with van der Waals surface area (Å²) in [5.41, 5.74) is 0. The first-order chi connectivity index (χ1) is 10.4. The standard InChI is InChI=1S/C15H24N2O4S/c18-13-10-12(4-7-16-13)14(19)17-8-9-22(20,21)15(11-17)5-2-1-3-6-15/h12H,1-11H2,(H,16,18). The second-order valence-electron chi connectivity index (χ2n) is 6.86. The van der Waals surface area contributed by atoms with E-state index in [0.29, 0.717) is 32.4 Å². The first kappa shape index (κ1) is 15.8. The Morgan fingerprint density at radius 1 is 1.23 bits per heavy atom. The molecular weight excluding hydrogens is 304 g/mol. The number of nitrogens with one attached hydrogen (secondary N) is 1. The third-order valence-corrected chi connectivity index (χ3v) is 8.02. The molecule has 1 aliphatic carbocycles. The van der Waals surface area contributed by atoms with Crippen LogP contribution in [-0.4, -0.2) is 55.3 Å². The highest BCUT2D eigenvalue weighted by molar-refractivity contribution is 7.92. The molecule has 1 atom stereocenters. The molecular formula is C15H24N2O4S. The van der Waals surface area contributed by atoms with Gasteiger partial charge in [-0.1, -0.05) is 19.3 Å². The SMILES string of the molecule is O=C1CC(C(=O)N2CCS(=O)(=O)C3(CCCCC3)C2)CCN1. The zero-order valence-corrected chi connectivity index (χ0v) is 13.7. The number of carbonyl (C=O) groups excluding carboxylic acids is 2. The van der Waals surface area contributed by atoms with Crippen LogP contribution in [0.1, 0.15) is 44.9 Å². The maximum absolute atomic E-state index is 12.7. The average molecular weight is 328 g/mol. The number of nitrogens with zero attached hydrogens (tertiary/aromatic N) is 1. The van der Waals surface area contributed by atoms with E-state index in [1.54, 1.807) is 4.90 Å². The summed E-state index contributed by atoms with van der Waals surface area (Å²) in [4.78, 5) is 25.9. The van der Waals surface area contributed by atoms with Crippen LogP contribution in [0.25, 0.3) is 0 Å². The quantitative estimate of drug-likeness (QED) is 0.758. The molecule has 2 saturated heterocycles.